The monoisotopic (exact) mass is 274 g/mol. The topological polar surface area (TPSA) is 113 Å². The van der Waals surface area contributed by atoms with Crippen molar-refractivity contribution in [3.8, 4) is 0 Å². The van der Waals surface area contributed by atoms with Gasteiger partial charge in [-0.3, -0.25) is 9.59 Å². The summed E-state index contributed by atoms with van der Waals surface area (Å²) in [5, 5.41) is 19.8. The average molecular weight is 274 g/mol. The highest BCUT2D eigenvalue weighted by molar-refractivity contribution is 5.76. The maximum atomic E-state index is 10.7. The van der Waals surface area contributed by atoms with Crippen molar-refractivity contribution in [2.75, 3.05) is 6.54 Å². The molecule has 0 radical (unpaired) electrons. The van der Waals surface area contributed by atoms with Crippen molar-refractivity contribution in [1.29, 1.82) is 0 Å². The number of carbonyl (C=O) groups excluding carboxylic acids is 1. The number of primary amides is 1. The number of rotatable bonds is 6. The van der Waals surface area contributed by atoms with Crippen LogP contribution in [0.4, 0.5) is 0 Å². The molecule has 1 amide bonds. The van der Waals surface area contributed by atoms with E-state index in [4.69, 9.17) is 15.9 Å². The SMILES string of the molecule is CCCC(CCC)C(N)=O.O=C(O)[C@@H]1C[C@@H](O)CN1. The molecular formula is C13H26N2O4. The van der Waals surface area contributed by atoms with Gasteiger partial charge >= 0.3 is 5.97 Å². The first kappa shape index (κ1) is 17.9. The zero-order valence-corrected chi connectivity index (χ0v) is 11.8. The molecular weight excluding hydrogens is 248 g/mol. The lowest BCUT2D eigenvalue weighted by Crippen LogP contribution is -2.29. The fraction of sp³-hybridized carbons (Fsp3) is 0.846. The molecule has 6 heteroatoms. The van der Waals surface area contributed by atoms with Gasteiger partial charge in [-0.25, -0.2) is 0 Å². The maximum absolute atomic E-state index is 10.7. The summed E-state index contributed by atoms with van der Waals surface area (Å²) in [7, 11) is 0. The van der Waals surface area contributed by atoms with E-state index in [2.05, 4.69) is 19.2 Å². The van der Waals surface area contributed by atoms with E-state index < -0.39 is 18.1 Å². The third-order valence-electron chi connectivity index (χ3n) is 3.08. The number of carbonyl (C=O) groups is 2. The van der Waals surface area contributed by atoms with Gasteiger partial charge in [-0.2, -0.15) is 0 Å². The molecule has 1 rings (SSSR count). The molecule has 6 nitrogen and oxygen atoms in total. The number of β-amino-alcohol motifs (C(OH)–C–C–N with tert-alkyl or cyclic N) is 1. The van der Waals surface area contributed by atoms with E-state index in [1.807, 2.05) is 0 Å². The van der Waals surface area contributed by atoms with Crippen molar-refractivity contribution in [2.45, 2.75) is 58.1 Å². The van der Waals surface area contributed by atoms with Gasteiger partial charge in [-0.15, -0.1) is 0 Å². The first-order valence-corrected chi connectivity index (χ1v) is 6.85. The minimum atomic E-state index is -0.883. The van der Waals surface area contributed by atoms with Crippen LogP contribution in [0, 0.1) is 5.92 Å². The molecule has 0 bridgehead atoms. The Balaban J connectivity index is 0.000000342. The number of aliphatic hydroxyl groups is 1. The molecule has 0 saturated carbocycles. The van der Waals surface area contributed by atoms with Gasteiger partial charge < -0.3 is 21.3 Å². The molecule has 1 fully saturated rings. The van der Waals surface area contributed by atoms with Crippen LogP contribution in [0.2, 0.25) is 0 Å². The van der Waals surface area contributed by atoms with E-state index in [1.54, 1.807) is 0 Å². The Morgan fingerprint density at radius 3 is 2.05 bits per heavy atom. The predicted molar refractivity (Wildman–Crippen MR) is 72.6 cm³/mol. The van der Waals surface area contributed by atoms with E-state index in [0.29, 0.717) is 13.0 Å². The summed E-state index contributed by atoms with van der Waals surface area (Å²) in [6.07, 6.45) is 3.84. The van der Waals surface area contributed by atoms with Gasteiger partial charge in [0.2, 0.25) is 5.91 Å². The zero-order chi connectivity index (χ0) is 14.8. The van der Waals surface area contributed by atoms with Gasteiger partial charge in [0.15, 0.2) is 0 Å². The molecule has 0 spiro atoms. The molecule has 112 valence electrons. The summed E-state index contributed by atoms with van der Waals surface area (Å²) >= 11 is 0. The molecule has 19 heavy (non-hydrogen) atoms. The van der Waals surface area contributed by atoms with Crippen LogP contribution < -0.4 is 11.1 Å². The summed E-state index contributed by atoms with van der Waals surface area (Å²) in [6.45, 7) is 4.55. The standard InChI is InChI=1S/C8H17NO.C5H9NO3/c1-3-5-7(6-4-2)8(9)10;7-3-1-4(5(8)9)6-2-3/h7H,3-6H2,1-2H3,(H2,9,10);3-4,6-7H,1-2H2,(H,8,9)/t;3-,4+/m.1/s1. The van der Waals surface area contributed by atoms with Crippen molar-refractivity contribution in [3.63, 3.8) is 0 Å². The Morgan fingerprint density at radius 1 is 1.32 bits per heavy atom. The number of carboxylic acid groups (broad SMARTS) is 1. The minimum absolute atomic E-state index is 0.120. The van der Waals surface area contributed by atoms with Crippen LogP contribution in [-0.2, 0) is 9.59 Å². The van der Waals surface area contributed by atoms with E-state index >= 15 is 0 Å². The lowest BCUT2D eigenvalue weighted by atomic mass is 9.98. The Kier molecular flexibility index (Phi) is 9.16. The molecule has 0 aromatic heterocycles. The number of nitrogens with one attached hydrogen (secondary N) is 1. The molecule has 1 heterocycles. The van der Waals surface area contributed by atoms with E-state index in [1.165, 1.54) is 0 Å². The number of carboxylic acids is 1. The lowest BCUT2D eigenvalue weighted by molar-refractivity contribution is -0.139. The molecule has 5 N–H and O–H groups in total. The van der Waals surface area contributed by atoms with Crippen LogP contribution in [-0.4, -0.2) is 40.8 Å². The second kappa shape index (κ2) is 9.75. The highest BCUT2D eigenvalue weighted by Crippen LogP contribution is 2.11. The largest absolute Gasteiger partial charge is 0.480 e. The van der Waals surface area contributed by atoms with E-state index in [9.17, 15) is 9.59 Å². The van der Waals surface area contributed by atoms with Crippen molar-refractivity contribution in [1.82, 2.24) is 5.32 Å². The van der Waals surface area contributed by atoms with Gasteiger partial charge in [-0.1, -0.05) is 26.7 Å². The van der Waals surface area contributed by atoms with Crippen LogP contribution >= 0.6 is 0 Å². The molecule has 1 saturated heterocycles. The third kappa shape index (κ3) is 7.79. The van der Waals surface area contributed by atoms with Crippen LogP contribution in [0.5, 0.6) is 0 Å². The molecule has 0 aliphatic carbocycles. The third-order valence-corrected chi connectivity index (χ3v) is 3.08. The molecule has 0 unspecified atom stereocenters. The van der Waals surface area contributed by atoms with Crippen molar-refractivity contribution in [3.05, 3.63) is 0 Å². The van der Waals surface area contributed by atoms with Crippen LogP contribution in [0.3, 0.4) is 0 Å². The summed E-state index contributed by atoms with van der Waals surface area (Å²) in [5.41, 5.74) is 5.17. The summed E-state index contributed by atoms with van der Waals surface area (Å²) in [6, 6.07) is -0.542. The number of hydrogen-bond donors (Lipinski definition) is 4. The minimum Gasteiger partial charge on any atom is -0.480 e. The first-order valence-electron chi connectivity index (χ1n) is 6.85. The van der Waals surface area contributed by atoms with Crippen LogP contribution in [0.15, 0.2) is 0 Å². The molecule has 1 aliphatic heterocycles. The number of aliphatic hydroxyl groups excluding tert-OH is 1. The second-order valence-electron chi connectivity index (χ2n) is 4.87. The molecule has 1 aliphatic rings. The summed E-state index contributed by atoms with van der Waals surface area (Å²) < 4.78 is 0. The zero-order valence-electron chi connectivity index (χ0n) is 11.8. The van der Waals surface area contributed by atoms with Crippen molar-refractivity contribution < 1.29 is 19.8 Å². The van der Waals surface area contributed by atoms with Gasteiger partial charge in [0.05, 0.1) is 6.10 Å². The van der Waals surface area contributed by atoms with Crippen LogP contribution in [0.1, 0.15) is 46.0 Å². The average Bonchev–Trinajstić information content (AvgIpc) is 2.76. The van der Waals surface area contributed by atoms with Crippen molar-refractivity contribution in [2.24, 2.45) is 11.7 Å². The van der Waals surface area contributed by atoms with Crippen LogP contribution in [0.25, 0.3) is 0 Å². The fourth-order valence-electron chi connectivity index (χ4n) is 2.03. The predicted octanol–water partition coefficient (Wildman–Crippen LogP) is 0.482. The highest BCUT2D eigenvalue weighted by atomic mass is 16.4. The van der Waals surface area contributed by atoms with Crippen molar-refractivity contribution >= 4 is 11.9 Å². The fourth-order valence-corrected chi connectivity index (χ4v) is 2.03. The number of aliphatic carboxylic acids is 1. The van der Waals surface area contributed by atoms with E-state index in [0.717, 1.165) is 25.7 Å². The first-order chi connectivity index (χ1) is 8.92. The van der Waals surface area contributed by atoms with Gasteiger partial charge in [0.25, 0.3) is 0 Å². The number of amides is 1. The number of nitrogens with two attached hydrogens (primary N) is 1. The van der Waals surface area contributed by atoms with E-state index in [-0.39, 0.29) is 11.8 Å². The van der Waals surface area contributed by atoms with Gasteiger partial charge in [0.1, 0.15) is 6.04 Å². The number of hydrogen-bond acceptors (Lipinski definition) is 4. The summed E-state index contributed by atoms with van der Waals surface area (Å²) in [5.74, 6) is -0.898. The Labute approximate surface area is 114 Å². The molecule has 2 atom stereocenters. The lowest BCUT2D eigenvalue weighted by Gasteiger charge is -2.09. The van der Waals surface area contributed by atoms with Gasteiger partial charge in [-0.05, 0) is 12.8 Å². The smallest absolute Gasteiger partial charge is 0.320 e. The second-order valence-corrected chi connectivity index (χ2v) is 4.87. The Bertz CT molecular complexity index is 278. The highest BCUT2D eigenvalue weighted by Gasteiger charge is 2.27. The Hall–Kier alpha value is -1.14. The van der Waals surface area contributed by atoms with Gasteiger partial charge in [0, 0.05) is 18.9 Å². The molecule has 0 aromatic carbocycles. The maximum Gasteiger partial charge on any atom is 0.320 e. The quantitative estimate of drug-likeness (QED) is 0.563. The normalized spacial score (nSPS) is 21.9. The Morgan fingerprint density at radius 2 is 1.84 bits per heavy atom. The molecule has 0 aromatic rings. The summed E-state index contributed by atoms with van der Waals surface area (Å²) in [4.78, 5) is 20.9.